The van der Waals surface area contributed by atoms with Gasteiger partial charge in [-0.25, -0.2) is 4.98 Å². The number of nitrogens with zero attached hydrogens (tertiary/aromatic N) is 1. The quantitative estimate of drug-likeness (QED) is 0.246. The fourth-order valence-corrected chi connectivity index (χ4v) is 3.10. The van der Waals surface area contributed by atoms with Gasteiger partial charge >= 0.3 is 0 Å². The van der Waals surface area contributed by atoms with Gasteiger partial charge in [-0.2, -0.15) is 0 Å². The predicted octanol–water partition coefficient (Wildman–Crippen LogP) is 5.19. The third-order valence-corrected chi connectivity index (χ3v) is 4.67. The molecule has 0 aliphatic carbocycles. The van der Waals surface area contributed by atoms with E-state index in [2.05, 4.69) is 20.9 Å². The van der Waals surface area contributed by atoms with Crippen molar-refractivity contribution in [3.05, 3.63) is 52.2 Å². The van der Waals surface area contributed by atoms with Crippen molar-refractivity contribution < 1.29 is 23.4 Å². The Kier molecular flexibility index (Phi) is 7.24. The molecule has 0 unspecified atom stereocenters. The highest BCUT2D eigenvalue weighted by atomic mass is 79.9. The Balaban J connectivity index is 2.46. The van der Waals surface area contributed by atoms with Crippen LogP contribution >= 0.6 is 15.9 Å². The fraction of sp³-hybridized carbons (Fsp3) is 0.300. The molecule has 0 radical (unpaired) electrons. The van der Waals surface area contributed by atoms with Crippen molar-refractivity contribution in [2.45, 2.75) is 20.3 Å². The Morgan fingerprint density at radius 3 is 2.33 bits per heavy atom. The summed E-state index contributed by atoms with van der Waals surface area (Å²) in [5, 5.41) is 0. The van der Waals surface area contributed by atoms with Crippen molar-refractivity contribution in [1.29, 1.82) is 0 Å². The number of hydrogen-bond donors (Lipinski definition) is 0. The molecule has 27 heavy (non-hydrogen) atoms. The number of halogens is 1. The lowest BCUT2D eigenvalue weighted by Crippen LogP contribution is -2.08. The maximum absolute atomic E-state index is 12.8. The first-order valence-electron chi connectivity index (χ1n) is 8.32. The molecule has 0 aliphatic rings. The molecule has 1 heterocycles. The van der Waals surface area contributed by atoms with Crippen LogP contribution in [0, 0.1) is 0 Å². The van der Waals surface area contributed by atoms with E-state index in [1.807, 2.05) is 26.0 Å². The fourth-order valence-electron chi connectivity index (χ4n) is 2.55. The van der Waals surface area contributed by atoms with Crippen LogP contribution in [0.25, 0.3) is 11.3 Å². The molecule has 0 saturated heterocycles. The summed E-state index contributed by atoms with van der Waals surface area (Å²) in [7, 11) is 4.58. The van der Waals surface area contributed by atoms with Gasteiger partial charge in [-0.1, -0.05) is 19.1 Å². The average Bonchev–Trinajstić information content (AvgIpc) is 3.18. The number of allylic oxidation sites excluding steroid dienone is 4. The summed E-state index contributed by atoms with van der Waals surface area (Å²) in [6.07, 6.45) is 5.76. The molecule has 0 bridgehead atoms. The first-order chi connectivity index (χ1) is 13.0. The monoisotopic (exact) mass is 435 g/mol. The molecular formula is C20H22BrNO5. The number of hydrogen-bond acceptors (Lipinski definition) is 6. The highest BCUT2D eigenvalue weighted by Gasteiger charge is 2.23. The number of aromatic nitrogens is 1. The van der Waals surface area contributed by atoms with E-state index >= 15 is 0 Å². The summed E-state index contributed by atoms with van der Waals surface area (Å²) in [4.78, 5) is 17.1. The van der Waals surface area contributed by atoms with Crippen LogP contribution in [0.4, 0.5) is 0 Å². The van der Waals surface area contributed by atoms with Gasteiger partial charge in [0.05, 0.1) is 21.3 Å². The van der Waals surface area contributed by atoms with Gasteiger partial charge in [0.2, 0.25) is 0 Å². The van der Waals surface area contributed by atoms with Gasteiger partial charge in [0.1, 0.15) is 27.9 Å². The molecule has 1 aromatic heterocycles. The van der Waals surface area contributed by atoms with Crippen LogP contribution in [0.15, 0.2) is 50.8 Å². The second kappa shape index (κ2) is 9.41. The van der Waals surface area contributed by atoms with Crippen LogP contribution in [0.1, 0.15) is 31.0 Å². The first-order valence-corrected chi connectivity index (χ1v) is 9.11. The van der Waals surface area contributed by atoms with Crippen molar-refractivity contribution in [3.63, 3.8) is 0 Å². The SMILES string of the molecule is CC=C/C(CC)=C(/OC)C(=O)c1nc(-c2cc(OC)c(Br)c(OC)c2)co1. The van der Waals surface area contributed by atoms with Crippen LogP contribution < -0.4 is 9.47 Å². The number of carbonyl (C=O) groups excluding carboxylic acids is 1. The largest absolute Gasteiger partial charge is 0.495 e. The number of oxazole rings is 1. The zero-order valence-electron chi connectivity index (χ0n) is 16.0. The van der Waals surface area contributed by atoms with Gasteiger partial charge in [-0.3, -0.25) is 4.79 Å². The smallest absolute Gasteiger partial charge is 0.282 e. The molecule has 0 N–H and O–H groups in total. The van der Waals surface area contributed by atoms with Gasteiger partial charge in [-0.05, 0) is 47.0 Å². The molecule has 144 valence electrons. The van der Waals surface area contributed by atoms with Crippen molar-refractivity contribution in [3.8, 4) is 22.8 Å². The minimum Gasteiger partial charge on any atom is -0.495 e. The number of benzene rings is 1. The van der Waals surface area contributed by atoms with E-state index in [1.54, 1.807) is 26.4 Å². The molecule has 0 spiro atoms. The Bertz CT molecular complexity index is 857. The lowest BCUT2D eigenvalue weighted by Gasteiger charge is -2.10. The molecule has 0 saturated carbocycles. The summed E-state index contributed by atoms with van der Waals surface area (Å²) in [6.45, 7) is 3.83. The maximum atomic E-state index is 12.8. The van der Waals surface area contributed by atoms with E-state index in [0.29, 0.717) is 33.6 Å². The standard InChI is InChI=1S/C20H22BrNO5/c1-6-8-12(7-2)19(26-5)18(23)20-22-14(11-27-20)13-9-15(24-3)17(21)16(10-13)25-4/h6,8-11H,7H2,1-5H3/b8-6?,19-12+. The molecule has 1 aromatic carbocycles. The molecule has 0 amide bonds. The van der Waals surface area contributed by atoms with E-state index < -0.39 is 5.78 Å². The Morgan fingerprint density at radius 1 is 1.22 bits per heavy atom. The average molecular weight is 436 g/mol. The molecule has 0 atom stereocenters. The predicted molar refractivity (Wildman–Crippen MR) is 106 cm³/mol. The Labute approximate surface area is 167 Å². The molecule has 2 rings (SSSR count). The zero-order chi connectivity index (χ0) is 20.0. The van der Waals surface area contributed by atoms with E-state index in [-0.39, 0.29) is 11.6 Å². The highest BCUT2D eigenvalue weighted by molar-refractivity contribution is 9.10. The van der Waals surface area contributed by atoms with Gasteiger partial charge in [0.25, 0.3) is 11.7 Å². The summed E-state index contributed by atoms with van der Waals surface area (Å²) in [5.74, 6) is 0.931. The number of methoxy groups -OCH3 is 3. The summed E-state index contributed by atoms with van der Waals surface area (Å²) < 4.78 is 22.1. The van der Waals surface area contributed by atoms with Gasteiger partial charge < -0.3 is 18.6 Å². The van der Waals surface area contributed by atoms with Crippen molar-refractivity contribution >= 4 is 21.7 Å². The minimum atomic E-state index is -0.408. The molecule has 2 aromatic rings. The van der Waals surface area contributed by atoms with Crippen LogP contribution in [0.2, 0.25) is 0 Å². The van der Waals surface area contributed by atoms with E-state index in [1.165, 1.54) is 13.4 Å². The van der Waals surface area contributed by atoms with Gasteiger partial charge in [0, 0.05) is 5.56 Å². The van der Waals surface area contributed by atoms with Crippen molar-refractivity contribution in [2.75, 3.05) is 21.3 Å². The third kappa shape index (κ3) is 4.42. The molecule has 6 nitrogen and oxygen atoms in total. The molecule has 0 fully saturated rings. The van der Waals surface area contributed by atoms with Crippen LogP contribution in [0.3, 0.4) is 0 Å². The van der Waals surface area contributed by atoms with Crippen molar-refractivity contribution in [1.82, 2.24) is 4.98 Å². The third-order valence-electron chi connectivity index (χ3n) is 3.89. The second-order valence-corrected chi connectivity index (χ2v) is 6.27. The number of ether oxygens (including phenoxy) is 3. The topological polar surface area (TPSA) is 70.8 Å². The van der Waals surface area contributed by atoms with Gasteiger partial charge in [-0.15, -0.1) is 0 Å². The van der Waals surface area contributed by atoms with E-state index in [0.717, 1.165) is 5.57 Å². The summed E-state index contributed by atoms with van der Waals surface area (Å²) in [5.41, 5.74) is 1.96. The zero-order valence-corrected chi connectivity index (χ0v) is 17.5. The van der Waals surface area contributed by atoms with E-state index in [4.69, 9.17) is 18.6 Å². The van der Waals surface area contributed by atoms with Crippen LogP contribution in [-0.2, 0) is 4.74 Å². The summed E-state index contributed by atoms with van der Waals surface area (Å²) in [6, 6.07) is 3.56. The number of ketones is 1. The number of rotatable bonds is 8. The highest BCUT2D eigenvalue weighted by Crippen LogP contribution is 2.38. The number of Topliss-reactive ketones (excluding diaryl/α,β-unsaturated/α-hetero) is 1. The normalized spacial score (nSPS) is 12.1. The second-order valence-electron chi connectivity index (χ2n) is 5.47. The van der Waals surface area contributed by atoms with E-state index in [9.17, 15) is 4.79 Å². The first kappa shape index (κ1) is 20.8. The van der Waals surface area contributed by atoms with Crippen LogP contribution in [-0.4, -0.2) is 32.1 Å². The molecule has 0 aliphatic heterocycles. The Hall–Kier alpha value is -2.54. The molecular weight excluding hydrogens is 414 g/mol. The minimum absolute atomic E-state index is 0.0434. The lowest BCUT2D eigenvalue weighted by molar-refractivity contribution is 0.0917. The summed E-state index contributed by atoms with van der Waals surface area (Å²) >= 11 is 3.43. The van der Waals surface area contributed by atoms with Crippen LogP contribution in [0.5, 0.6) is 11.5 Å². The molecule has 7 heteroatoms. The van der Waals surface area contributed by atoms with Crippen molar-refractivity contribution in [2.24, 2.45) is 0 Å². The van der Waals surface area contributed by atoms with Gasteiger partial charge in [0.15, 0.2) is 5.76 Å². The maximum Gasteiger partial charge on any atom is 0.282 e. The number of carbonyl (C=O) groups is 1. The lowest BCUT2D eigenvalue weighted by atomic mass is 10.1. The Morgan fingerprint density at radius 2 is 1.85 bits per heavy atom.